The lowest BCUT2D eigenvalue weighted by Crippen LogP contribution is -2.39. The number of amides is 1. The Morgan fingerprint density at radius 1 is 1.04 bits per heavy atom. The molecule has 138 valence electrons. The van der Waals surface area contributed by atoms with Gasteiger partial charge in [0.2, 0.25) is 5.91 Å². The quantitative estimate of drug-likeness (QED) is 0.754. The standard InChI is InChI=1S/C20H21F2NO3/c1-13(19-16(21)8-5-9-17(19)22)20(26)23-15(10-11-18(24)25)12-14-6-3-2-4-7-14/h2-9,13,15H,10-12H2,1H3,(H,23,26)(H,24,25). The first kappa shape index (κ1) is 19.6. The molecule has 0 aliphatic rings. The molecule has 0 bridgehead atoms. The van der Waals surface area contributed by atoms with Crippen LogP contribution in [0.25, 0.3) is 0 Å². The number of hydrogen-bond donors (Lipinski definition) is 2. The van der Waals surface area contributed by atoms with Crippen LogP contribution >= 0.6 is 0 Å². The van der Waals surface area contributed by atoms with E-state index in [4.69, 9.17) is 5.11 Å². The molecule has 2 N–H and O–H groups in total. The average Bonchev–Trinajstić information content (AvgIpc) is 2.60. The maximum absolute atomic E-state index is 13.9. The summed E-state index contributed by atoms with van der Waals surface area (Å²) in [6.45, 7) is 1.42. The first-order chi connectivity index (χ1) is 12.4. The van der Waals surface area contributed by atoms with Gasteiger partial charge in [0.05, 0.1) is 5.92 Å². The van der Waals surface area contributed by atoms with Crippen molar-refractivity contribution in [3.8, 4) is 0 Å². The zero-order chi connectivity index (χ0) is 19.1. The summed E-state index contributed by atoms with van der Waals surface area (Å²) in [5.41, 5.74) is 0.648. The highest BCUT2D eigenvalue weighted by atomic mass is 19.1. The summed E-state index contributed by atoms with van der Waals surface area (Å²) < 4.78 is 27.8. The fraction of sp³-hybridized carbons (Fsp3) is 0.300. The minimum absolute atomic E-state index is 0.111. The molecule has 1 amide bonds. The van der Waals surface area contributed by atoms with Gasteiger partial charge in [-0.15, -0.1) is 0 Å². The van der Waals surface area contributed by atoms with Crippen molar-refractivity contribution in [2.75, 3.05) is 0 Å². The van der Waals surface area contributed by atoms with Crippen LogP contribution in [0.15, 0.2) is 48.5 Å². The fourth-order valence-electron chi connectivity index (χ4n) is 2.80. The number of halogens is 2. The van der Waals surface area contributed by atoms with Crippen molar-refractivity contribution in [3.05, 3.63) is 71.3 Å². The Balaban J connectivity index is 2.12. The predicted octanol–water partition coefficient (Wildman–Crippen LogP) is 3.66. The molecule has 2 rings (SSSR count). The minimum Gasteiger partial charge on any atom is -0.481 e. The molecule has 0 aliphatic carbocycles. The molecule has 2 atom stereocenters. The van der Waals surface area contributed by atoms with E-state index in [0.29, 0.717) is 6.42 Å². The van der Waals surface area contributed by atoms with Crippen LogP contribution in [-0.4, -0.2) is 23.0 Å². The topological polar surface area (TPSA) is 66.4 Å². The van der Waals surface area contributed by atoms with Gasteiger partial charge in [0.1, 0.15) is 11.6 Å². The SMILES string of the molecule is CC(C(=O)NC(CCC(=O)O)Cc1ccccc1)c1c(F)cccc1F. The zero-order valence-electron chi connectivity index (χ0n) is 14.4. The Morgan fingerprint density at radius 2 is 1.65 bits per heavy atom. The van der Waals surface area contributed by atoms with E-state index in [9.17, 15) is 18.4 Å². The highest BCUT2D eigenvalue weighted by molar-refractivity contribution is 5.83. The normalized spacial score (nSPS) is 13.0. The molecule has 0 spiro atoms. The summed E-state index contributed by atoms with van der Waals surface area (Å²) in [6.07, 6.45) is 0.551. The van der Waals surface area contributed by atoms with Crippen molar-refractivity contribution < 1.29 is 23.5 Å². The molecule has 0 radical (unpaired) electrons. The van der Waals surface area contributed by atoms with E-state index >= 15 is 0 Å². The number of nitrogens with one attached hydrogen (secondary N) is 1. The molecule has 0 heterocycles. The summed E-state index contributed by atoms with van der Waals surface area (Å²) in [6, 6.07) is 12.3. The van der Waals surface area contributed by atoms with E-state index in [0.717, 1.165) is 17.7 Å². The number of carboxylic acid groups (broad SMARTS) is 1. The van der Waals surface area contributed by atoms with Gasteiger partial charge in [-0.05, 0) is 37.5 Å². The van der Waals surface area contributed by atoms with Crippen molar-refractivity contribution in [3.63, 3.8) is 0 Å². The number of hydrogen-bond acceptors (Lipinski definition) is 2. The van der Waals surface area contributed by atoms with Gasteiger partial charge < -0.3 is 10.4 Å². The molecule has 26 heavy (non-hydrogen) atoms. The number of aliphatic carboxylic acids is 1. The van der Waals surface area contributed by atoms with Crippen LogP contribution in [0.1, 0.15) is 36.8 Å². The Labute approximate surface area is 150 Å². The van der Waals surface area contributed by atoms with Crippen LogP contribution in [0, 0.1) is 11.6 Å². The molecule has 0 saturated heterocycles. The molecule has 0 aliphatic heterocycles. The maximum atomic E-state index is 13.9. The number of benzene rings is 2. The van der Waals surface area contributed by atoms with Gasteiger partial charge in [-0.3, -0.25) is 9.59 Å². The molecule has 4 nitrogen and oxygen atoms in total. The molecule has 2 aromatic carbocycles. The van der Waals surface area contributed by atoms with E-state index in [1.54, 1.807) is 0 Å². The molecule has 2 aromatic rings. The van der Waals surface area contributed by atoms with Crippen LogP contribution < -0.4 is 5.32 Å². The molecule has 6 heteroatoms. The molecular weight excluding hydrogens is 340 g/mol. The Kier molecular flexibility index (Phi) is 6.83. The second-order valence-electron chi connectivity index (χ2n) is 6.18. The second-order valence-corrected chi connectivity index (χ2v) is 6.18. The van der Waals surface area contributed by atoms with Gasteiger partial charge in [-0.2, -0.15) is 0 Å². The molecular formula is C20H21F2NO3. The third-order valence-corrected chi connectivity index (χ3v) is 4.20. The summed E-state index contributed by atoms with van der Waals surface area (Å²) in [4.78, 5) is 23.4. The number of carbonyl (C=O) groups excluding carboxylic acids is 1. The van der Waals surface area contributed by atoms with Gasteiger partial charge in [0.25, 0.3) is 0 Å². The highest BCUT2D eigenvalue weighted by Gasteiger charge is 2.25. The van der Waals surface area contributed by atoms with Gasteiger partial charge in [-0.1, -0.05) is 36.4 Å². The van der Waals surface area contributed by atoms with E-state index < -0.39 is 35.5 Å². The average molecular weight is 361 g/mol. The second kappa shape index (κ2) is 9.08. The van der Waals surface area contributed by atoms with Crippen LogP contribution in [0.3, 0.4) is 0 Å². The van der Waals surface area contributed by atoms with Crippen LogP contribution in [0.5, 0.6) is 0 Å². The Morgan fingerprint density at radius 3 is 2.23 bits per heavy atom. The van der Waals surface area contributed by atoms with Gasteiger partial charge in [0, 0.05) is 18.0 Å². The number of carbonyl (C=O) groups is 2. The lowest BCUT2D eigenvalue weighted by molar-refractivity contribution is -0.137. The molecule has 0 saturated carbocycles. The van der Waals surface area contributed by atoms with E-state index in [1.807, 2.05) is 30.3 Å². The lowest BCUT2D eigenvalue weighted by Gasteiger charge is -2.21. The van der Waals surface area contributed by atoms with Crippen molar-refractivity contribution in [2.45, 2.75) is 38.1 Å². The lowest BCUT2D eigenvalue weighted by atomic mass is 9.96. The Bertz CT molecular complexity index is 745. The van der Waals surface area contributed by atoms with Crippen LogP contribution in [-0.2, 0) is 16.0 Å². The molecule has 0 aromatic heterocycles. The van der Waals surface area contributed by atoms with E-state index in [-0.39, 0.29) is 18.4 Å². The van der Waals surface area contributed by atoms with Crippen LogP contribution in [0.2, 0.25) is 0 Å². The molecule has 2 unspecified atom stereocenters. The first-order valence-electron chi connectivity index (χ1n) is 8.38. The van der Waals surface area contributed by atoms with Crippen LogP contribution in [0.4, 0.5) is 8.78 Å². The first-order valence-corrected chi connectivity index (χ1v) is 8.38. The largest absolute Gasteiger partial charge is 0.481 e. The number of rotatable bonds is 8. The van der Waals surface area contributed by atoms with Gasteiger partial charge >= 0.3 is 5.97 Å². The van der Waals surface area contributed by atoms with Crippen molar-refractivity contribution in [2.24, 2.45) is 0 Å². The smallest absolute Gasteiger partial charge is 0.303 e. The van der Waals surface area contributed by atoms with Crippen molar-refractivity contribution in [1.29, 1.82) is 0 Å². The third kappa shape index (κ3) is 5.37. The highest BCUT2D eigenvalue weighted by Crippen LogP contribution is 2.23. The third-order valence-electron chi connectivity index (χ3n) is 4.20. The van der Waals surface area contributed by atoms with Gasteiger partial charge in [-0.25, -0.2) is 8.78 Å². The summed E-state index contributed by atoms with van der Waals surface area (Å²) in [7, 11) is 0. The zero-order valence-corrected chi connectivity index (χ0v) is 14.4. The number of carboxylic acids is 1. The summed E-state index contributed by atoms with van der Waals surface area (Å²) in [5.74, 6) is -4.10. The van der Waals surface area contributed by atoms with Crippen molar-refractivity contribution in [1.82, 2.24) is 5.32 Å². The molecule has 0 fully saturated rings. The monoisotopic (exact) mass is 361 g/mol. The Hall–Kier alpha value is -2.76. The van der Waals surface area contributed by atoms with E-state index in [2.05, 4.69) is 5.32 Å². The van der Waals surface area contributed by atoms with Gasteiger partial charge in [0.15, 0.2) is 0 Å². The maximum Gasteiger partial charge on any atom is 0.303 e. The predicted molar refractivity (Wildman–Crippen MR) is 93.7 cm³/mol. The summed E-state index contributed by atoms with van der Waals surface area (Å²) in [5, 5.41) is 11.6. The van der Waals surface area contributed by atoms with Crippen molar-refractivity contribution >= 4 is 11.9 Å². The summed E-state index contributed by atoms with van der Waals surface area (Å²) >= 11 is 0. The van der Waals surface area contributed by atoms with E-state index in [1.165, 1.54) is 13.0 Å². The fourth-order valence-corrected chi connectivity index (χ4v) is 2.80. The minimum atomic E-state index is -1.03.